The van der Waals surface area contributed by atoms with E-state index in [9.17, 15) is 17.6 Å². The predicted octanol–water partition coefficient (Wildman–Crippen LogP) is 3.26. The average Bonchev–Trinajstić information content (AvgIpc) is 2.23. The standard InChI is InChI=1S/C10H11F4P/c1-3-4(2)5-6(11)7(12)8(13)9(14)10(5)15/h4H,3,15H2,1-2H3. The first kappa shape index (κ1) is 12.4. The summed E-state index contributed by atoms with van der Waals surface area (Å²) in [5.74, 6) is -6.50. The molecular weight excluding hydrogens is 227 g/mol. The van der Waals surface area contributed by atoms with Gasteiger partial charge in [0.05, 0.1) is 0 Å². The third kappa shape index (κ3) is 2.00. The van der Waals surface area contributed by atoms with Crippen molar-refractivity contribution in [2.24, 2.45) is 0 Å². The Bertz CT molecular complexity index is 360. The highest BCUT2D eigenvalue weighted by atomic mass is 31.0. The highest BCUT2D eigenvalue weighted by molar-refractivity contribution is 7.27. The molecular formula is C10H11F4P. The Morgan fingerprint density at radius 1 is 1.00 bits per heavy atom. The van der Waals surface area contributed by atoms with Crippen molar-refractivity contribution in [2.45, 2.75) is 26.2 Å². The molecule has 0 bridgehead atoms. The summed E-state index contributed by atoms with van der Waals surface area (Å²) in [6.07, 6.45) is 0.517. The molecule has 0 aliphatic heterocycles. The van der Waals surface area contributed by atoms with E-state index in [-0.39, 0.29) is 16.8 Å². The molecule has 0 fully saturated rings. The maximum absolute atomic E-state index is 13.3. The topological polar surface area (TPSA) is 0 Å². The Balaban J connectivity index is 3.52. The first-order chi connectivity index (χ1) is 6.91. The Kier molecular flexibility index (Phi) is 3.72. The van der Waals surface area contributed by atoms with E-state index in [1.54, 1.807) is 13.8 Å². The normalized spacial score (nSPS) is 13.0. The van der Waals surface area contributed by atoms with Gasteiger partial charge in [0.1, 0.15) is 0 Å². The largest absolute Gasteiger partial charge is 0.203 e. The van der Waals surface area contributed by atoms with Crippen LogP contribution < -0.4 is 5.30 Å². The first-order valence-corrected chi connectivity index (χ1v) is 5.10. The van der Waals surface area contributed by atoms with Crippen LogP contribution in [0.4, 0.5) is 17.6 Å². The Morgan fingerprint density at radius 2 is 1.47 bits per heavy atom. The zero-order valence-electron chi connectivity index (χ0n) is 8.37. The van der Waals surface area contributed by atoms with Crippen molar-refractivity contribution < 1.29 is 17.6 Å². The van der Waals surface area contributed by atoms with Gasteiger partial charge in [-0.15, -0.1) is 9.24 Å². The van der Waals surface area contributed by atoms with Crippen molar-refractivity contribution in [1.82, 2.24) is 0 Å². The number of hydrogen-bond donors (Lipinski definition) is 0. The summed E-state index contributed by atoms with van der Waals surface area (Å²) in [6, 6.07) is 0. The van der Waals surface area contributed by atoms with Crippen LogP contribution >= 0.6 is 9.24 Å². The molecule has 0 aromatic heterocycles. The fourth-order valence-electron chi connectivity index (χ4n) is 1.35. The lowest BCUT2D eigenvalue weighted by Crippen LogP contribution is -2.17. The molecule has 0 amide bonds. The fraction of sp³-hybridized carbons (Fsp3) is 0.400. The van der Waals surface area contributed by atoms with Crippen molar-refractivity contribution in [2.75, 3.05) is 0 Å². The molecule has 0 aliphatic rings. The Labute approximate surface area is 87.9 Å². The summed E-state index contributed by atoms with van der Waals surface area (Å²) in [4.78, 5) is 0. The monoisotopic (exact) mass is 238 g/mol. The van der Waals surface area contributed by atoms with Gasteiger partial charge in [0.25, 0.3) is 0 Å². The van der Waals surface area contributed by atoms with Crippen LogP contribution in [0, 0.1) is 23.3 Å². The van der Waals surface area contributed by atoms with Crippen molar-refractivity contribution in [1.29, 1.82) is 0 Å². The van der Waals surface area contributed by atoms with E-state index in [1.165, 1.54) is 0 Å². The van der Waals surface area contributed by atoms with Crippen molar-refractivity contribution >= 4 is 14.5 Å². The number of rotatable bonds is 2. The van der Waals surface area contributed by atoms with Crippen LogP contribution in [0.3, 0.4) is 0 Å². The van der Waals surface area contributed by atoms with Gasteiger partial charge in [-0.05, 0) is 12.3 Å². The molecule has 0 radical (unpaired) electrons. The van der Waals surface area contributed by atoms with Gasteiger partial charge in [-0.2, -0.15) is 0 Å². The molecule has 0 aliphatic carbocycles. The summed E-state index contributed by atoms with van der Waals surface area (Å²) < 4.78 is 52.2. The third-order valence-corrected chi connectivity index (χ3v) is 3.01. The average molecular weight is 238 g/mol. The molecule has 2 unspecified atom stereocenters. The van der Waals surface area contributed by atoms with Crippen LogP contribution in [-0.2, 0) is 0 Å². The van der Waals surface area contributed by atoms with Gasteiger partial charge in [0.15, 0.2) is 23.3 Å². The highest BCUT2D eigenvalue weighted by Crippen LogP contribution is 2.26. The van der Waals surface area contributed by atoms with Gasteiger partial charge in [0, 0.05) is 10.9 Å². The van der Waals surface area contributed by atoms with Gasteiger partial charge in [-0.25, -0.2) is 17.6 Å². The molecule has 1 aromatic carbocycles. The Hall–Kier alpha value is -0.630. The zero-order chi connectivity index (χ0) is 11.7. The minimum absolute atomic E-state index is 0.112. The molecule has 0 nitrogen and oxygen atoms in total. The summed E-state index contributed by atoms with van der Waals surface area (Å²) in [5.41, 5.74) is -0.112. The van der Waals surface area contributed by atoms with Crippen LogP contribution in [0.5, 0.6) is 0 Å². The molecule has 0 saturated heterocycles. The molecule has 0 saturated carbocycles. The highest BCUT2D eigenvalue weighted by Gasteiger charge is 2.25. The summed E-state index contributed by atoms with van der Waals surface area (Å²) >= 11 is 0. The second-order valence-corrected chi connectivity index (χ2v) is 3.97. The van der Waals surface area contributed by atoms with Crippen LogP contribution in [0.2, 0.25) is 0 Å². The van der Waals surface area contributed by atoms with Crippen LogP contribution in [0.15, 0.2) is 0 Å². The summed E-state index contributed by atoms with van der Waals surface area (Å²) in [7, 11) is 1.91. The number of benzene rings is 1. The summed E-state index contributed by atoms with van der Waals surface area (Å²) in [6.45, 7) is 3.39. The molecule has 15 heavy (non-hydrogen) atoms. The fourth-order valence-corrected chi connectivity index (χ4v) is 1.89. The molecule has 1 rings (SSSR count). The minimum atomic E-state index is -1.76. The van der Waals surface area contributed by atoms with E-state index in [2.05, 4.69) is 0 Å². The SMILES string of the molecule is CCC(C)c1c(F)c(F)c(F)c(F)c1P. The maximum Gasteiger partial charge on any atom is 0.198 e. The van der Waals surface area contributed by atoms with Crippen LogP contribution in [-0.4, -0.2) is 0 Å². The third-order valence-electron chi connectivity index (χ3n) is 2.45. The van der Waals surface area contributed by atoms with Gasteiger partial charge < -0.3 is 0 Å². The number of hydrogen-bond acceptors (Lipinski definition) is 0. The lowest BCUT2D eigenvalue weighted by atomic mass is 9.97. The van der Waals surface area contributed by atoms with Crippen molar-refractivity contribution in [3.05, 3.63) is 28.8 Å². The molecule has 0 N–H and O–H groups in total. The van der Waals surface area contributed by atoms with E-state index in [1.807, 2.05) is 9.24 Å². The second kappa shape index (κ2) is 4.48. The van der Waals surface area contributed by atoms with E-state index < -0.39 is 23.3 Å². The Morgan fingerprint density at radius 3 is 1.93 bits per heavy atom. The van der Waals surface area contributed by atoms with E-state index in [4.69, 9.17) is 0 Å². The molecule has 84 valence electrons. The van der Waals surface area contributed by atoms with Crippen molar-refractivity contribution in [3.63, 3.8) is 0 Å². The van der Waals surface area contributed by atoms with Gasteiger partial charge >= 0.3 is 0 Å². The second-order valence-electron chi connectivity index (χ2n) is 3.39. The van der Waals surface area contributed by atoms with Gasteiger partial charge in [-0.3, -0.25) is 0 Å². The van der Waals surface area contributed by atoms with Crippen LogP contribution in [0.25, 0.3) is 0 Å². The quantitative estimate of drug-likeness (QED) is 0.321. The molecule has 2 atom stereocenters. The molecule has 0 spiro atoms. The zero-order valence-corrected chi connectivity index (χ0v) is 9.53. The van der Waals surface area contributed by atoms with E-state index in [0.29, 0.717) is 6.42 Å². The van der Waals surface area contributed by atoms with E-state index >= 15 is 0 Å². The lowest BCUT2D eigenvalue weighted by molar-refractivity contribution is 0.404. The first-order valence-electron chi connectivity index (χ1n) is 4.53. The minimum Gasteiger partial charge on any atom is -0.203 e. The van der Waals surface area contributed by atoms with Crippen LogP contribution in [0.1, 0.15) is 31.7 Å². The van der Waals surface area contributed by atoms with Gasteiger partial charge in [-0.1, -0.05) is 13.8 Å². The van der Waals surface area contributed by atoms with E-state index in [0.717, 1.165) is 0 Å². The van der Waals surface area contributed by atoms with Gasteiger partial charge in [0.2, 0.25) is 0 Å². The molecule has 1 aromatic rings. The van der Waals surface area contributed by atoms with Crippen molar-refractivity contribution in [3.8, 4) is 0 Å². The smallest absolute Gasteiger partial charge is 0.198 e. The maximum atomic E-state index is 13.3. The summed E-state index contributed by atoms with van der Waals surface area (Å²) in [5, 5.41) is -0.235. The molecule has 5 heteroatoms. The molecule has 0 heterocycles. The number of halogens is 4. The predicted molar refractivity (Wildman–Crippen MR) is 54.3 cm³/mol. The lowest BCUT2D eigenvalue weighted by Gasteiger charge is -2.15.